The van der Waals surface area contributed by atoms with Crippen LogP contribution in [0.15, 0.2) is 0 Å². The lowest BCUT2D eigenvalue weighted by atomic mass is 9.95. The summed E-state index contributed by atoms with van der Waals surface area (Å²) < 4.78 is 11.9. The van der Waals surface area contributed by atoms with E-state index in [0.29, 0.717) is 50.2 Å². The molecular weight excluding hydrogens is 829 g/mol. The fourth-order valence-electron chi connectivity index (χ4n) is 9.89. The molecule has 0 bridgehead atoms. The van der Waals surface area contributed by atoms with E-state index in [-0.39, 0.29) is 18.0 Å². The zero-order valence-corrected chi connectivity index (χ0v) is 46.4. The minimum atomic E-state index is -0.0355. The summed E-state index contributed by atoms with van der Waals surface area (Å²) >= 11 is 0. The molecule has 0 aromatic rings. The average molecular weight is 948 g/mol. The molecule has 0 heterocycles. The molecule has 0 rings (SSSR count). The van der Waals surface area contributed by atoms with E-state index in [1.807, 2.05) is 0 Å². The zero-order valence-electron chi connectivity index (χ0n) is 46.4. The molecule has 398 valence electrons. The third-order valence-electron chi connectivity index (χ3n) is 14.4. The number of nitrogens with zero attached hydrogens (tertiary/aromatic N) is 2. The molecular formula is C60H118N2O5. The number of hydrogen-bond donors (Lipinski definition) is 0. The van der Waals surface area contributed by atoms with Crippen LogP contribution in [-0.4, -0.2) is 74.1 Å². The second kappa shape index (κ2) is 50.7. The van der Waals surface area contributed by atoms with Gasteiger partial charge in [0, 0.05) is 31.8 Å². The van der Waals surface area contributed by atoms with E-state index in [2.05, 4.69) is 58.5 Å². The molecule has 67 heavy (non-hydrogen) atoms. The first kappa shape index (κ1) is 65.4. The summed E-state index contributed by atoms with van der Waals surface area (Å²) in [6, 6.07) is 0.198. The summed E-state index contributed by atoms with van der Waals surface area (Å²) in [7, 11) is 4.23. The Hall–Kier alpha value is -1.63. The monoisotopic (exact) mass is 947 g/mol. The fourth-order valence-corrected chi connectivity index (χ4v) is 9.89. The van der Waals surface area contributed by atoms with Gasteiger partial charge in [0.2, 0.25) is 5.91 Å². The number of carbonyl (C=O) groups excluding carboxylic acids is 3. The van der Waals surface area contributed by atoms with Crippen LogP contribution in [0.2, 0.25) is 0 Å². The quantitative estimate of drug-likeness (QED) is 0.0447. The van der Waals surface area contributed by atoms with Crippen LogP contribution in [0, 0.1) is 11.8 Å². The molecule has 0 spiro atoms. The number of hydrogen-bond acceptors (Lipinski definition) is 6. The van der Waals surface area contributed by atoms with Gasteiger partial charge in [0.15, 0.2) is 0 Å². The maximum atomic E-state index is 14.0. The second-order valence-electron chi connectivity index (χ2n) is 21.4. The van der Waals surface area contributed by atoms with E-state index in [9.17, 15) is 14.4 Å². The van der Waals surface area contributed by atoms with E-state index >= 15 is 0 Å². The summed E-state index contributed by atoms with van der Waals surface area (Å²) in [6.07, 6.45) is 49.2. The van der Waals surface area contributed by atoms with Crippen LogP contribution in [0.1, 0.15) is 311 Å². The van der Waals surface area contributed by atoms with Crippen molar-refractivity contribution in [3.63, 3.8) is 0 Å². The second-order valence-corrected chi connectivity index (χ2v) is 21.4. The Morgan fingerprint density at radius 3 is 1.01 bits per heavy atom. The first-order valence-corrected chi connectivity index (χ1v) is 30.0. The van der Waals surface area contributed by atoms with Crippen LogP contribution in [-0.2, 0) is 23.9 Å². The Labute approximate surface area is 419 Å². The lowest BCUT2D eigenvalue weighted by Gasteiger charge is -2.33. The maximum Gasteiger partial charge on any atom is 0.305 e. The molecule has 0 saturated carbocycles. The lowest BCUT2D eigenvalue weighted by Crippen LogP contribution is -2.41. The standard InChI is InChI=1S/C60H118N2O5/c1-8-13-18-23-26-28-35-45-56(43-33-22-17-12-5)54-67-60(65)50-40-31-37-47-57(62(52-41-51-61(6)7)58(63)48-38-29-25-20-15-10-3)46-36-30-39-49-59(64)66-53-55(42-32-21-16-11-4)44-34-27-24-19-14-9-2/h55-57H,8-54H2,1-7H3. The lowest BCUT2D eigenvalue weighted by molar-refractivity contribution is -0.146. The van der Waals surface area contributed by atoms with Crippen LogP contribution < -0.4 is 0 Å². The highest BCUT2D eigenvalue weighted by atomic mass is 16.5. The van der Waals surface area contributed by atoms with Gasteiger partial charge >= 0.3 is 11.9 Å². The van der Waals surface area contributed by atoms with Crippen molar-refractivity contribution in [2.24, 2.45) is 11.8 Å². The van der Waals surface area contributed by atoms with Crippen molar-refractivity contribution in [2.45, 2.75) is 317 Å². The van der Waals surface area contributed by atoms with Gasteiger partial charge in [0.1, 0.15) is 0 Å². The van der Waals surface area contributed by atoms with Crippen molar-refractivity contribution in [1.82, 2.24) is 9.80 Å². The average Bonchev–Trinajstić information content (AvgIpc) is 3.31. The van der Waals surface area contributed by atoms with Crippen LogP contribution in [0.25, 0.3) is 0 Å². The fraction of sp³-hybridized carbons (Fsp3) is 0.950. The molecule has 0 aromatic heterocycles. The third-order valence-corrected chi connectivity index (χ3v) is 14.4. The zero-order chi connectivity index (χ0) is 49.3. The molecule has 7 heteroatoms. The predicted molar refractivity (Wildman–Crippen MR) is 290 cm³/mol. The van der Waals surface area contributed by atoms with Crippen LogP contribution in [0.3, 0.4) is 0 Å². The molecule has 3 atom stereocenters. The minimum Gasteiger partial charge on any atom is -0.465 e. The highest BCUT2D eigenvalue weighted by Crippen LogP contribution is 2.24. The van der Waals surface area contributed by atoms with E-state index in [4.69, 9.17) is 9.47 Å². The summed E-state index contributed by atoms with van der Waals surface area (Å²) in [6.45, 7) is 14.3. The Balaban J connectivity index is 5.33. The largest absolute Gasteiger partial charge is 0.465 e. The van der Waals surface area contributed by atoms with E-state index in [1.165, 1.54) is 186 Å². The highest BCUT2D eigenvalue weighted by molar-refractivity contribution is 5.76. The molecule has 0 radical (unpaired) electrons. The van der Waals surface area contributed by atoms with Crippen LogP contribution in [0.4, 0.5) is 0 Å². The molecule has 0 fully saturated rings. The van der Waals surface area contributed by atoms with Crippen molar-refractivity contribution in [3.8, 4) is 0 Å². The number of amides is 1. The van der Waals surface area contributed by atoms with Crippen molar-refractivity contribution in [3.05, 3.63) is 0 Å². The Kier molecular flexibility index (Phi) is 49.5. The number of carbonyl (C=O) groups is 3. The molecule has 7 nitrogen and oxygen atoms in total. The summed E-state index contributed by atoms with van der Waals surface area (Å²) in [5.41, 5.74) is 0. The van der Waals surface area contributed by atoms with Crippen LogP contribution in [0.5, 0.6) is 0 Å². The maximum absolute atomic E-state index is 14.0. The number of esters is 2. The Morgan fingerprint density at radius 2 is 0.642 bits per heavy atom. The normalized spacial score (nSPS) is 13.0. The van der Waals surface area contributed by atoms with Crippen molar-refractivity contribution >= 4 is 17.8 Å². The van der Waals surface area contributed by atoms with Gasteiger partial charge < -0.3 is 19.3 Å². The Morgan fingerprint density at radius 1 is 0.343 bits per heavy atom. The predicted octanol–water partition coefficient (Wildman–Crippen LogP) is 17.9. The molecule has 0 aliphatic carbocycles. The number of rotatable bonds is 53. The molecule has 0 N–H and O–H groups in total. The molecule has 0 aliphatic rings. The SMILES string of the molecule is CCCCCCCCCC(CCCCCC)COC(=O)CCCCCC(CCCCCC(=O)OCC(CCCCCC)CCCCCCCC)N(CCCN(C)C)C(=O)CCCCCCCC. The van der Waals surface area contributed by atoms with Gasteiger partial charge in [-0.3, -0.25) is 14.4 Å². The smallest absolute Gasteiger partial charge is 0.305 e. The van der Waals surface area contributed by atoms with Crippen molar-refractivity contribution in [2.75, 3.05) is 40.4 Å². The third kappa shape index (κ3) is 44.1. The first-order chi connectivity index (χ1) is 32.7. The molecule has 0 aromatic carbocycles. The van der Waals surface area contributed by atoms with Gasteiger partial charge in [-0.2, -0.15) is 0 Å². The van der Waals surface area contributed by atoms with Gasteiger partial charge in [-0.25, -0.2) is 0 Å². The topological polar surface area (TPSA) is 76.2 Å². The Bertz CT molecular complexity index is 1070. The molecule has 0 aliphatic heterocycles. The summed E-state index contributed by atoms with van der Waals surface area (Å²) in [4.78, 5) is 44.5. The summed E-state index contributed by atoms with van der Waals surface area (Å²) in [5.74, 6) is 1.23. The van der Waals surface area contributed by atoms with Gasteiger partial charge in [0.05, 0.1) is 13.2 Å². The van der Waals surface area contributed by atoms with E-state index < -0.39 is 0 Å². The van der Waals surface area contributed by atoms with E-state index in [1.54, 1.807) is 0 Å². The highest BCUT2D eigenvalue weighted by Gasteiger charge is 2.23. The van der Waals surface area contributed by atoms with Crippen LogP contribution >= 0.6 is 0 Å². The first-order valence-electron chi connectivity index (χ1n) is 30.0. The van der Waals surface area contributed by atoms with Crippen molar-refractivity contribution in [1.29, 1.82) is 0 Å². The van der Waals surface area contributed by atoms with Gasteiger partial charge in [0.25, 0.3) is 0 Å². The van der Waals surface area contributed by atoms with Crippen molar-refractivity contribution < 1.29 is 23.9 Å². The molecule has 0 saturated heterocycles. The summed E-state index contributed by atoms with van der Waals surface area (Å²) in [5, 5.41) is 0. The number of unbranched alkanes of at least 4 members (excludes halogenated alkanes) is 26. The van der Waals surface area contributed by atoms with E-state index in [0.717, 1.165) is 83.7 Å². The van der Waals surface area contributed by atoms with Gasteiger partial charge in [-0.15, -0.1) is 0 Å². The number of ether oxygens (including phenoxy) is 2. The molecule has 1 amide bonds. The minimum absolute atomic E-state index is 0.0343. The van der Waals surface area contributed by atoms with Gasteiger partial charge in [-0.1, -0.05) is 227 Å². The van der Waals surface area contributed by atoms with Gasteiger partial charge in [-0.05, 0) is 96.7 Å². The molecule has 3 unspecified atom stereocenters.